The van der Waals surface area contributed by atoms with Crippen LogP contribution in [0.2, 0.25) is 0 Å². The van der Waals surface area contributed by atoms with E-state index in [0.717, 1.165) is 25.7 Å². The van der Waals surface area contributed by atoms with Crippen molar-refractivity contribution in [1.82, 2.24) is 20.6 Å². The van der Waals surface area contributed by atoms with Crippen LogP contribution in [-0.4, -0.2) is 55.3 Å². The minimum absolute atomic E-state index is 0.239. The number of phenols is 4. The number of hydrogen-bond acceptors (Lipinski definition) is 6. The zero-order valence-corrected chi connectivity index (χ0v) is 18.3. The molecule has 8 N–H and O–H groups in total. The van der Waals surface area contributed by atoms with E-state index in [1.165, 1.54) is 24.3 Å². The first-order valence-corrected chi connectivity index (χ1v) is 11.0. The zero-order valence-electron chi connectivity index (χ0n) is 18.3. The molecule has 2 heterocycles. The van der Waals surface area contributed by atoms with Crippen LogP contribution >= 0.6 is 0 Å². The molecule has 0 unspecified atom stereocenters. The lowest BCUT2D eigenvalue weighted by Gasteiger charge is -2.05. The number of phenolic OH excluding ortho intramolecular Hbond substituents is 4. The lowest BCUT2D eigenvalue weighted by atomic mass is 10.2. The Morgan fingerprint density at radius 1 is 0.588 bits per heavy atom. The molecule has 0 saturated heterocycles. The maximum absolute atomic E-state index is 12.3. The lowest BCUT2D eigenvalue weighted by Crippen LogP contribution is -2.25. The predicted octanol–water partition coefficient (Wildman–Crippen LogP) is 3.19. The van der Waals surface area contributed by atoms with Crippen LogP contribution in [0.15, 0.2) is 36.4 Å². The number of aromatic hydroxyl groups is 4. The van der Waals surface area contributed by atoms with Gasteiger partial charge in [-0.25, -0.2) is 0 Å². The Labute approximate surface area is 194 Å². The Hall–Kier alpha value is -4.34. The quantitative estimate of drug-likeness (QED) is 0.139. The number of carbonyl (C=O) groups is 2. The Morgan fingerprint density at radius 3 is 1.38 bits per heavy atom. The fourth-order valence-corrected chi connectivity index (χ4v) is 3.76. The average Bonchev–Trinajstić information content (AvgIpc) is 3.39. The van der Waals surface area contributed by atoms with Crippen molar-refractivity contribution >= 4 is 33.6 Å². The van der Waals surface area contributed by atoms with Crippen molar-refractivity contribution in [2.45, 2.75) is 25.7 Å². The van der Waals surface area contributed by atoms with E-state index in [1.807, 2.05) is 0 Å². The van der Waals surface area contributed by atoms with Crippen LogP contribution in [0.4, 0.5) is 0 Å². The summed E-state index contributed by atoms with van der Waals surface area (Å²) in [5.74, 6) is -1.50. The number of aromatic amines is 2. The Kier molecular flexibility index (Phi) is 6.48. The molecule has 0 saturated carbocycles. The molecule has 4 aromatic rings. The second-order valence-electron chi connectivity index (χ2n) is 8.15. The maximum atomic E-state index is 12.3. The monoisotopic (exact) mass is 466 g/mol. The summed E-state index contributed by atoms with van der Waals surface area (Å²) in [5.41, 5.74) is 1.83. The van der Waals surface area contributed by atoms with E-state index >= 15 is 0 Å². The molecule has 0 bridgehead atoms. The van der Waals surface area contributed by atoms with E-state index in [2.05, 4.69) is 20.6 Å². The standard InChI is InChI=1S/C24H26N4O6/c29-19-9-13-7-17(27-15(13)11-21(19)31)23(33)25-5-3-1-2-4-6-26-24(34)18-8-14-10-20(30)22(32)12-16(14)28-18/h7-12,27-32H,1-6H2,(H,25,33)(H,26,34). The van der Waals surface area contributed by atoms with E-state index in [0.29, 0.717) is 46.3 Å². The average molecular weight is 466 g/mol. The predicted molar refractivity (Wildman–Crippen MR) is 126 cm³/mol. The number of benzene rings is 2. The van der Waals surface area contributed by atoms with Crippen molar-refractivity contribution in [3.05, 3.63) is 47.8 Å². The summed E-state index contributed by atoms with van der Waals surface area (Å²) >= 11 is 0. The highest BCUT2D eigenvalue weighted by Gasteiger charge is 2.12. The van der Waals surface area contributed by atoms with Gasteiger partial charge in [0.1, 0.15) is 11.4 Å². The van der Waals surface area contributed by atoms with Crippen LogP contribution in [0.1, 0.15) is 46.7 Å². The van der Waals surface area contributed by atoms with Crippen molar-refractivity contribution in [2.75, 3.05) is 13.1 Å². The van der Waals surface area contributed by atoms with E-state index in [1.54, 1.807) is 12.1 Å². The zero-order chi connectivity index (χ0) is 24.2. The third-order valence-corrected chi connectivity index (χ3v) is 5.60. The summed E-state index contributed by atoms with van der Waals surface area (Å²) in [6, 6.07) is 8.76. The van der Waals surface area contributed by atoms with Gasteiger partial charge in [-0.3, -0.25) is 9.59 Å². The van der Waals surface area contributed by atoms with Crippen LogP contribution in [-0.2, 0) is 0 Å². The van der Waals surface area contributed by atoms with Crippen molar-refractivity contribution in [2.24, 2.45) is 0 Å². The largest absolute Gasteiger partial charge is 0.504 e. The molecule has 2 aromatic heterocycles. The molecular formula is C24H26N4O6. The highest BCUT2D eigenvalue weighted by Crippen LogP contribution is 2.31. The fraction of sp³-hybridized carbons (Fsp3) is 0.250. The van der Waals surface area contributed by atoms with Crippen molar-refractivity contribution < 1.29 is 30.0 Å². The molecule has 0 atom stereocenters. The van der Waals surface area contributed by atoms with Crippen LogP contribution in [0, 0.1) is 0 Å². The SMILES string of the molecule is O=C(NCCCCCCNC(=O)c1cc2cc(O)c(O)cc2[nH]1)c1cc2cc(O)c(O)cc2[nH]1. The van der Waals surface area contributed by atoms with Crippen LogP contribution in [0.5, 0.6) is 23.0 Å². The fourth-order valence-electron chi connectivity index (χ4n) is 3.76. The number of hydrogen-bond donors (Lipinski definition) is 8. The number of H-pyrrole nitrogens is 2. The highest BCUT2D eigenvalue weighted by atomic mass is 16.3. The molecule has 10 heteroatoms. The number of rotatable bonds is 9. The molecule has 2 aromatic carbocycles. The molecule has 0 spiro atoms. The second kappa shape index (κ2) is 9.65. The first-order chi connectivity index (χ1) is 16.3. The van der Waals surface area contributed by atoms with Crippen molar-refractivity contribution in [3.63, 3.8) is 0 Å². The molecule has 0 aliphatic carbocycles. The third kappa shape index (κ3) is 5.01. The summed E-state index contributed by atoms with van der Waals surface area (Å²) in [6.45, 7) is 1.01. The summed E-state index contributed by atoms with van der Waals surface area (Å²) in [6.07, 6.45) is 3.35. The molecule has 0 radical (unpaired) electrons. The first-order valence-electron chi connectivity index (χ1n) is 11.0. The van der Waals surface area contributed by atoms with Gasteiger partial charge in [-0.1, -0.05) is 12.8 Å². The number of fused-ring (bicyclic) bond motifs is 2. The van der Waals surface area contributed by atoms with Gasteiger partial charge in [0.05, 0.1) is 0 Å². The van der Waals surface area contributed by atoms with Crippen LogP contribution in [0.3, 0.4) is 0 Å². The van der Waals surface area contributed by atoms with Gasteiger partial charge >= 0.3 is 0 Å². The molecule has 4 rings (SSSR count). The highest BCUT2D eigenvalue weighted by molar-refractivity contribution is 5.99. The van der Waals surface area contributed by atoms with Gasteiger partial charge in [-0.05, 0) is 37.1 Å². The topological polar surface area (TPSA) is 171 Å². The van der Waals surface area contributed by atoms with E-state index in [4.69, 9.17) is 0 Å². The van der Waals surface area contributed by atoms with Gasteiger partial charge in [-0.15, -0.1) is 0 Å². The molecule has 178 valence electrons. The van der Waals surface area contributed by atoms with E-state index < -0.39 is 0 Å². The third-order valence-electron chi connectivity index (χ3n) is 5.60. The van der Waals surface area contributed by atoms with Crippen molar-refractivity contribution in [1.29, 1.82) is 0 Å². The maximum Gasteiger partial charge on any atom is 0.267 e. The molecular weight excluding hydrogens is 440 g/mol. The summed E-state index contributed by atoms with van der Waals surface area (Å²) in [4.78, 5) is 30.4. The molecule has 0 aliphatic rings. The number of carbonyl (C=O) groups excluding carboxylic acids is 2. The Bertz CT molecular complexity index is 1170. The van der Waals surface area contributed by atoms with Gasteiger partial charge < -0.3 is 41.0 Å². The van der Waals surface area contributed by atoms with Gasteiger partial charge in [0, 0.05) is 47.0 Å². The normalized spacial score (nSPS) is 11.2. The molecule has 0 fully saturated rings. The van der Waals surface area contributed by atoms with E-state index in [9.17, 15) is 30.0 Å². The van der Waals surface area contributed by atoms with Gasteiger partial charge in [0.25, 0.3) is 11.8 Å². The number of amides is 2. The summed E-state index contributed by atoms with van der Waals surface area (Å²) < 4.78 is 0. The van der Waals surface area contributed by atoms with E-state index in [-0.39, 0.29) is 34.8 Å². The first kappa shape index (κ1) is 22.8. The Balaban J connectivity index is 1.13. The summed E-state index contributed by atoms with van der Waals surface area (Å²) in [7, 11) is 0. The number of unbranched alkanes of at least 4 members (excludes halogenated alkanes) is 3. The van der Waals surface area contributed by atoms with Crippen LogP contribution in [0.25, 0.3) is 21.8 Å². The Morgan fingerprint density at radius 2 is 0.971 bits per heavy atom. The van der Waals surface area contributed by atoms with Gasteiger partial charge in [-0.2, -0.15) is 0 Å². The number of aromatic nitrogens is 2. The second-order valence-corrected chi connectivity index (χ2v) is 8.15. The van der Waals surface area contributed by atoms with Crippen molar-refractivity contribution in [3.8, 4) is 23.0 Å². The molecule has 34 heavy (non-hydrogen) atoms. The smallest absolute Gasteiger partial charge is 0.267 e. The number of nitrogens with one attached hydrogen (secondary N) is 4. The molecule has 2 amide bonds. The molecule has 10 nitrogen and oxygen atoms in total. The van der Waals surface area contributed by atoms with Gasteiger partial charge in [0.2, 0.25) is 0 Å². The minimum atomic E-state index is -0.262. The van der Waals surface area contributed by atoms with Gasteiger partial charge in [0.15, 0.2) is 23.0 Å². The van der Waals surface area contributed by atoms with Crippen LogP contribution < -0.4 is 10.6 Å². The molecule has 0 aliphatic heterocycles. The summed E-state index contributed by atoms with van der Waals surface area (Å²) in [5, 5.41) is 45.2. The minimum Gasteiger partial charge on any atom is -0.504 e. The lowest BCUT2D eigenvalue weighted by molar-refractivity contribution is 0.0939.